The van der Waals surface area contributed by atoms with Crippen molar-refractivity contribution in [2.24, 2.45) is 0 Å². The van der Waals surface area contributed by atoms with Crippen molar-refractivity contribution >= 4 is 43.5 Å². The molecule has 6 heteroatoms. The molecule has 0 spiro atoms. The standard InChI is InChI=1S/C14H16Br2N4/c1-2-7-17-13-12(16)14(20-9-19-13)18-8-10-3-5-11(15)6-4-10/h3-6,9H,2,7-8H2,1H3,(H2,17,18,19,20). The Labute approximate surface area is 135 Å². The Bertz CT molecular complexity index is 558. The van der Waals surface area contributed by atoms with Crippen molar-refractivity contribution in [2.75, 3.05) is 17.2 Å². The second kappa shape index (κ2) is 7.59. The van der Waals surface area contributed by atoms with E-state index in [1.54, 1.807) is 6.33 Å². The number of hydrogen-bond acceptors (Lipinski definition) is 4. The number of rotatable bonds is 6. The molecule has 1 aromatic heterocycles. The number of aromatic nitrogens is 2. The van der Waals surface area contributed by atoms with Crippen LogP contribution in [0.5, 0.6) is 0 Å². The van der Waals surface area contributed by atoms with Gasteiger partial charge in [0, 0.05) is 17.6 Å². The molecule has 0 bridgehead atoms. The summed E-state index contributed by atoms with van der Waals surface area (Å²) in [7, 11) is 0. The fraction of sp³-hybridized carbons (Fsp3) is 0.286. The summed E-state index contributed by atoms with van der Waals surface area (Å²) in [6.45, 7) is 3.73. The van der Waals surface area contributed by atoms with Crippen LogP contribution in [0, 0.1) is 0 Å². The zero-order valence-corrected chi connectivity index (χ0v) is 14.3. The van der Waals surface area contributed by atoms with Gasteiger partial charge in [0.15, 0.2) is 0 Å². The lowest BCUT2D eigenvalue weighted by Crippen LogP contribution is -2.07. The zero-order valence-electron chi connectivity index (χ0n) is 11.2. The van der Waals surface area contributed by atoms with Crippen molar-refractivity contribution in [3.63, 3.8) is 0 Å². The molecule has 0 amide bonds. The first kappa shape index (κ1) is 15.3. The molecule has 2 rings (SSSR count). The van der Waals surface area contributed by atoms with Gasteiger partial charge in [0.1, 0.15) is 22.4 Å². The fourth-order valence-corrected chi connectivity index (χ4v) is 2.40. The van der Waals surface area contributed by atoms with E-state index < -0.39 is 0 Å². The monoisotopic (exact) mass is 398 g/mol. The van der Waals surface area contributed by atoms with E-state index in [4.69, 9.17) is 0 Å². The summed E-state index contributed by atoms with van der Waals surface area (Å²) in [6, 6.07) is 8.20. The fourth-order valence-electron chi connectivity index (χ4n) is 1.65. The third-order valence-electron chi connectivity index (χ3n) is 2.71. The number of halogens is 2. The summed E-state index contributed by atoms with van der Waals surface area (Å²) in [6.07, 6.45) is 2.62. The molecule has 0 radical (unpaired) electrons. The summed E-state index contributed by atoms with van der Waals surface area (Å²) >= 11 is 6.97. The van der Waals surface area contributed by atoms with E-state index in [1.807, 2.05) is 12.1 Å². The van der Waals surface area contributed by atoms with Gasteiger partial charge in [-0.2, -0.15) is 0 Å². The van der Waals surface area contributed by atoms with Gasteiger partial charge < -0.3 is 10.6 Å². The molecule has 2 N–H and O–H groups in total. The Morgan fingerprint density at radius 3 is 2.30 bits per heavy atom. The SMILES string of the molecule is CCCNc1ncnc(NCc2ccc(Br)cc2)c1Br. The largest absolute Gasteiger partial charge is 0.369 e. The molecule has 1 aromatic carbocycles. The Balaban J connectivity index is 2.03. The average molecular weight is 400 g/mol. The maximum Gasteiger partial charge on any atom is 0.146 e. The van der Waals surface area contributed by atoms with Gasteiger partial charge in [-0.15, -0.1) is 0 Å². The van der Waals surface area contributed by atoms with Gasteiger partial charge in [-0.1, -0.05) is 35.0 Å². The second-order valence-corrected chi connectivity index (χ2v) is 6.00. The highest BCUT2D eigenvalue weighted by Crippen LogP contribution is 2.26. The highest BCUT2D eigenvalue weighted by molar-refractivity contribution is 9.11. The molecule has 0 aliphatic rings. The zero-order chi connectivity index (χ0) is 14.4. The summed E-state index contributed by atoms with van der Waals surface area (Å²) in [5.41, 5.74) is 1.20. The first-order valence-electron chi connectivity index (χ1n) is 6.43. The smallest absolute Gasteiger partial charge is 0.146 e. The lowest BCUT2D eigenvalue weighted by atomic mass is 10.2. The predicted octanol–water partition coefficient (Wildman–Crippen LogP) is 4.44. The molecule has 0 aliphatic heterocycles. The average Bonchev–Trinajstić information content (AvgIpc) is 2.47. The highest BCUT2D eigenvalue weighted by Gasteiger charge is 2.07. The summed E-state index contributed by atoms with van der Waals surface area (Å²) in [4.78, 5) is 8.49. The molecule has 0 unspecified atom stereocenters. The molecule has 0 saturated carbocycles. The van der Waals surface area contributed by atoms with Gasteiger partial charge >= 0.3 is 0 Å². The van der Waals surface area contributed by atoms with Gasteiger partial charge in [-0.05, 0) is 40.0 Å². The van der Waals surface area contributed by atoms with E-state index in [0.717, 1.165) is 40.1 Å². The summed E-state index contributed by atoms with van der Waals surface area (Å²) < 4.78 is 1.95. The summed E-state index contributed by atoms with van der Waals surface area (Å²) in [5.74, 6) is 1.61. The van der Waals surface area contributed by atoms with Crippen LogP contribution in [0.15, 0.2) is 39.5 Å². The van der Waals surface area contributed by atoms with E-state index in [-0.39, 0.29) is 0 Å². The quantitative estimate of drug-likeness (QED) is 0.753. The maximum atomic E-state index is 4.26. The maximum absolute atomic E-state index is 4.26. The molecule has 0 atom stereocenters. The summed E-state index contributed by atoms with van der Waals surface area (Å²) in [5, 5.41) is 6.58. The molecule has 0 fully saturated rings. The molecule has 4 nitrogen and oxygen atoms in total. The lowest BCUT2D eigenvalue weighted by Gasteiger charge is -2.11. The molecule has 0 aliphatic carbocycles. The number of nitrogens with one attached hydrogen (secondary N) is 2. The van der Waals surface area contributed by atoms with Crippen LogP contribution in [0.2, 0.25) is 0 Å². The molecular weight excluding hydrogens is 384 g/mol. The minimum Gasteiger partial charge on any atom is -0.369 e. The Kier molecular flexibility index (Phi) is 5.79. The van der Waals surface area contributed by atoms with Crippen molar-refractivity contribution in [1.29, 1.82) is 0 Å². The molecule has 1 heterocycles. The minimum atomic E-state index is 0.718. The van der Waals surface area contributed by atoms with Crippen molar-refractivity contribution in [2.45, 2.75) is 19.9 Å². The van der Waals surface area contributed by atoms with Gasteiger partial charge in [0.05, 0.1) is 0 Å². The normalized spacial score (nSPS) is 10.3. The van der Waals surface area contributed by atoms with Crippen LogP contribution in [0.3, 0.4) is 0 Å². The predicted molar refractivity (Wildman–Crippen MR) is 90.0 cm³/mol. The van der Waals surface area contributed by atoms with Crippen LogP contribution < -0.4 is 10.6 Å². The number of anilines is 2. The molecular formula is C14H16Br2N4. The third kappa shape index (κ3) is 4.18. The van der Waals surface area contributed by atoms with E-state index in [1.165, 1.54) is 5.56 Å². The molecule has 2 aromatic rings. The van der Waals surface area contributed by atoms with E-state index in [9.17, 15) is 0 Å². The first-order chi connectivity index (χ1) is 9.70. The van der Waals surface area contributed by atoms with Gasteiger partial charge in [-0.3, -0.25) is 0 Å². The van der Waals surface area contributed by atoms with Gasteiger partial charge in [0.2, 0.25) is 0 Å². The van der Waals surface area contributed by atoms with Crippen LogP contribution in [-0.2, 0) is 6.54 Å². The minimum absolute atomic E-state index is 0.718. The topological polar surface area (TPSA) is 49.8 Å². The second-order valence-electron chi connectivity index (χ2n) is 4.29. The molecule has 106 valence electrons. The van der Waals surface area contributed by atoms with Crippen LogP contribution in [0.1, 0.15) is 18.9 Å². The van der Waals surface area contributed by atoms with E-state index in [0.29, 0.717) is 0 Å². The Morgan fingerprint density at radius 2 is 1.65 bits per heavy atom. The van der Waals surface area contributed by atoms with Crippen molar-refractivity contribution in [3.05, 3.63) is 45.1 Å². The Hall–Kier alpha value is -1.14. The molecule has 0 saturated heterocycles. The van der Waals surface area contributed by atoms with Gasteiger partial charge in [-0.25, -0.2) is 9.97 Å². The third-order valence-corrected chi connectivity index (χ3v) is 3.98. The Morgan fingerprint density at radius 1 is 1.00 bits per heavy atom. The van der Waals surface area contributed by atoms with Crippen LogP contribution in [-0.4, -0.2) is 16.5 Å². The highest BCUT2D eigenvalue weighted by atomic mass is 79.9. The number of benzene rings is 1. The van der Waals surface area contributed by atoms with Crippen LogP contribution >= 0.6 is 31.9 Å². The number of hydrogen-bond donors (Lipinski definition) is 2. The first-order valence-corrected chi connectivity index (χ1v) is 8.02. The van der Waals surface area contributed by atoms with E-state index >= 15 is 0 Å². The van der Waals surface area contributed by atoms with E-state index in [2.05, 4.69) is 71.5 Å². The van der Waals surface area contributed by atoms with Crippen molar-refractivity contribution in [1.82, 2.24) is 9.97 Å². The number of nitrogens with zero attached hydrogens (tertiary/aromatic N) is 2. The van der Waals surface area contributed by atoms with Crippen molar-refractivity contribution < 1.29 is 0 Å². The van der Waals surface area contributed by atoms with Crippen LogP contribution in [0.4, 0.5) is 11.6 Å². The molecule has 20 heavy (non-hydrogen) atoms. The van der Waals surface area contributed by atoms with Crippen LogP contribution in [0.25, 0.3) is 0 Å². The van der Waals surface area contributed by atoms with Gasteiger partial charge in [0.25, 0.3) is 0 Å². The lowest BCUT2D eigenvalue weighted by molar-refractivity contribution is 0.960. The van der Waals surface area contributed by atoms with Crippen molar-refractivity contribution in [3.8, 4) is 0 Å².